The van der Waals surface area contributed by atoms with Crippen LogP contribution >= 0.6 is 11.8 Å². The van der Waals surface area contributed by atoms with Gasteiger partial charge in [0.1, 0.15) is 18.5 Å². The number of hydrogen-bond donors (Lipinski definition) is 4. The lowest BCUT2D eigenvalue weighted by Crippen LogP contribution is -2.49. The molecule has 2 atom stereocenters. The summed E-state index contributed by atoms with van der Waals surface area (Å²) in [6, 6.07) is 40.7. The molecule has 2 amide bonds. The van der Waals surface area contributed by atoms with Crippen LogP contribution in [-0.2, 0) is 14.3 Å². The Morgan fingerprint density at radius 1 is 0.694 bits per heavy atom. The number of thioether (sulfide) groups is 1. The topological polar surface area (TPSA) is 130 Å². The number of carboxylic acid groups (broad SMARTS) is 1. The molecular weight excluding hydrogens is 637 g/mol. The molecule has 1 heterocycles. The first-order valence-electron chi connectivity index (χ1n) is 15.9. The molecule has 0 aliphatic carbocycles. The number of aliphatic carboxylic acids is 1. The van der Waals surface area contributed by atoms with E-state index in [4.69, 9.17) is 4.74 Å². The quantitative estimate of drug-likeness (QED) is 0.0816. The fourth-order valence-corrected chi connectivity index (χ4v) is 6.55. The number of amides is 2. The predicted molar refractivity (Wildman–Crippen MR) is 193 cm³/mol. The zero-order chi connectivity index (χ0) is 34.3. The minimum absolute atomic E-state index is 0.0376. The number of benzene rings is 4. The number of nitrogens with zero attached hydrogens (tertiary/aromatic N) is 1. The number of hydrogen-bond acceptors (Lipinski definition) is 7. The third-order valence-electron chi connectivity index (χ3n) is 7.66. The maximum absolute atomic E-state index is 13.9. The summed E-state index contributed by atoms with van der Waals surface area (Å²) in [6.45, 7) is 0.357. The van der Waals surface area contributed by atoms with Crippen molar-refractivity contribution in [3.63, 3.8) is 0 Å². The molecule has 4 aromatic carbocycles. The van der Waals surface area contributed by atoms with Crippen LogP contribution in [0.3, 0.4) is 0 Å². The summed E-state index contributed by atoms with van der Waals surface area (Å²) in [5.41, 5.74) is 4.71. The summed E-state index contributed by atoms with van der Waals surface area (Å²) >= 11 is 1.50. The molecule has 0 saturated carbocycles. The van der Waals surface area contributed by atoms with Crippen molar-refractivity contribution in [3.8, 4) is 11.1 Å². The van der Waals surface area contributed by atoms with Crippen molar-refractivity contribution in [2.45, 2.75) is 23.8 Å². The van der Waals surface area contributed by atoms with Gasteiger partial charge in [-0.1, -0.05) is 121 Å². The Hall–Kier alpha value is -5.61. The number of anilines is 1. The van der Waals surface area contributed by atoms with Crippen molar-refractivity contribution in [1.29, 1.82) is 0 Å². The van der Waals surface area contributed by atoms with E-state index >= 15 is 0 Å². The van der Waals surface area contributed by atoms with Crippen LogP contribution in [0.15, 0.2) is 140 Å². The van der Waals surface area contributed by atoms with Crippen molar-refractivity contribution < 1.29 is 24.2 Å². The molecule has 9 nitrogen and oxygen atoms in total. The van der Waals surface area contributed by atoms with Crippen LogP contribution in [0.25, 0.3) is 11.1 Å². The van der Waals surface area contributed by atoms with Crippen molar-refractivity contribution in [2.75, 3.05) is 24.2 Å². The van der Waals surface area contributed by atoms with Crippen LogP contribution in [-0.4, -0.2) is 53.0 Å². The Kier molecular flexibility index (Phi) is 12.8. The SMILES string of the molecule is O=C(O)CC(NC(=O)C(CSC(c1ccccc1)c1ccccc1)NC(=O)OCCNc1ccccn1)c1ccc(-c2ccccc2)cc1. The second-order valence-corrected chi connectivity index (χ2v) is 12.3. The van der Waals surface area contributed by atoms with E-state index in [0.717, 1.165) is 22.3 Å². The van der Waals surface area contributed by atoms with Crippen molar-refractivity contribution >= 4 is 35.5 Å². The van der Waals surface area contributed by atoms with Crippen LogP contribution in [0.4, 0.5) is 10.6 Å². The molecule has 0 aliphatic rings. The molecule has 0 fully saturated rings. The number of carbonyl (C=O) groups is 3. The van der Waals surface area contributed by atoms with Gasteiger partial charge in [0.2, 0.25) is 5.91 Å². The lowest BCUT2D eigenvalue weighted by atomic mass is 9.99. The van der Waals surface area contributed by atoms with E-state index in [0.29, 0.717) is 17.9 Å². The second kappa shape index (κ2) is 18.1. The first-order chi connectivity index (χ1) is 24.0. The maximum atomic E-state index is 13.9. The first kappa shape index (κ1) is 34.7. The van der Waals surface area contributed by atoms with E-state index in [1.54, 1.807) is 18.3 Å². The Balaban J connectivity index is 1.32. The fraction of sp³-hybridized carbons (Fsp3) is 0.179. The fourth-order valence-electron chi connectivity index (χ4n) is 5.23. The van der Waals surface area contributed by atoms with E-state index < -0.39 is 30.1 Å². The molecule has 1 aromatic heterocycles. The predicted octanol–water partition coefficient (Wildman–Crippen LogP) is 7.11. The van der Waals surface area contributed by atoms with Gasteiger partial charge in [0.15, 0.2) is 0 Å². The molecule has 0 bridgehead atoms. The number of carbonyl (C=O) groups excluding carboxylic acids is 2. The van der Waals surface area contributed by atoms with Crippen molar-refractivity contribution in [2.24, 2.45) is 0 Å². The second-order valence-electron chi connectivity index (χ2n) is 11.2. The van der Waals surface area contributed by atoms with Crippen LogP contribution in [0.2, 0.25) is 0 Å². The number of nitrogens with one attached hydrogen (secondary N) is 3. The van der Waals surface area contributed by atoms with Crippen LogP contribution in [0.5, 0.6) is 0 Å². The van der Waals surface area contributed by atoms with Gasteiger partial charge < -0.3 is 25.8 Å². The zero-order valence-corrected chi connectivity index (χ0v) is 27.6. The summed E-state index contributed by atoms with van der Waals surface area (Å²) in [5, 5.41) is 18.3. The maximum Gasteiger partial charge on any atom is 0.407 e. The van der Waals surface area contributed by atoms with Gasteiger partial charge in [-0.3, -0.25) is 9.59 Å². The Labute approximate surface area is 290 Å². The molecule has 0 aliphatic heterocycles. The van der Waals surface area contributed by atoms with Crippen molar-refractivity contribution in [1.82, 2.24) is 15.6 Å². The highest BCUT2D eigenvalue weighted by Gasteiger charge is 2.28. The van der Waals surface area contributed by atoms with Crippen LogP contribution in [0, 0.1) is 0 Å². The molecule has 5 rings (SSSR count). The molecule has 0 radical (unpaired) electrons. The normalized spacial score (nSPS) is 12.0. The molecule has 49 heavy (non-hydrogen) atoms. The van der Waals surface area contributed by atoms with Gasteiger partial charge in [0.25, 0.3) is 0 Å². The molecule has 10 heteroatoms. The van der Waals surface area contributed by atoms with E-state index in [1.165, 1.54) is 11.8 Å². The third kappa shape index (κ3) is 10.7. The molecule has 0 spiro atoms. The molecule has 0 saturated heterocycles. The smallest absolute Gasteiger partial charge is 0.407 e. The van der Waals surface area contributed by atoms with Gasteiger partial charge in [0.05, 0.1) is 24.3 Å². The number of rotatable bonds is 16. The Morgan fingerprint density at radius 3 is 1.88 bits per heavy atom. The monoisotopic (exact) mass is 674 g/mol. The largest absolute Gasteiger partial charge is 0.481 e. The van der Waals surface area contributed by atoms with E-state index in [-0.39, 0.29) is 24.0 Å². The Bertz CT molecular complexity index is 1720. The number of ether oxygens (including phenoxy) is 1. The van der Waals surface area contributed by atoms with E-state index in [2.05, 4.69) is 20.9 Å². The van der Waals surface area contributed by atoms with Gasteiger partial charge in [-0.25, -0.2) is 9.78 Å². The average molecular weight is 675 g/mol. The van der Waals surface area contributed by atoms with Gasteiger partial charge in [-0.05, 0) is 39.9 Å². The summed E-state index contributed by atoms with van der Waals surface area (Å²) in [6.07, 6.45) is 0.558. The summed E-state index contributed by atoms with van der Waals surface area (Å²) < 4.78 is 5.41. The standard InChI is InChI=1S/C39H38N4O5S/c44-36(45)26-33(30-21-19-29(20-22-30)28-12-4-1-5-13-28)42-38(46)34(43-39(47)48-25-24-41-35-18-10-11-23-40-35)27-49-37(31-14-6-2-7-15-31)32-16-8-3-9-17-32/h1-23,33-34,37H,24-27H2,(H,40,41)(H,42,46)(H,43,47)(H,44,45). The summed E-state index contributed by atoms with van der Waals surface area (Å²) in [4.78, 5) is 43.0. The minimum atomic E-state index is -1.07. The number of aromatic nitrogens is 1. The van der Waals surface area contributed by atoms with Gasteiger partial charge in [-0.15, -0.1) is 11.8 Å². The van der Waals surface area contributed by atoms with E-state index in [1.807, 2.05) is 121 Å². The third-order valence-corrected chi connectivity index (χ3v) is 9.07. The lowest BCUT2D eigenvalue weighted by molar-refractivity contribution is -0.137. The summed E-state index contributed by atoms with van der Waals surface area (Å²) in [7, 11) is 0. The van der Waals surface area contributed by atoms with Gasteiger partial charge >= 0.3 is 12.1 Å². The summed E-state index contributed by atoms with van der Waals surface area (Å²) in [5.74, 6) is -0.748. The Morgan fingerprint density at radius 2 is 1.29 bits per heavy atom. The van der Waals surface area contributed by atoms with Gasteiger partial charge in [0, 0.05) is 11.9 Å². The average Bonchev–Trinajstić information content (AvgIpc) is 3.14. The van der Waals surface area contributed by atoms with Gasteiger partial charge in [-0.2, -0.15) is 0 Å². The highest BCUT2D eigenvalue weighted by molar-refractivity contribution is 7.99. The molecule has 4 N–H and O–H groups in total. The molecular formula is C39H38N4O5S. The van der Waals surface area contributed by atoms with Crippen LogP contribution < -0.4 is 16.0 Å². The van der Waals surface area contributed by atoms with E-state index in [9.17, 15) is 19.5 Å². The molecule has 5 aromatic rings. The van der Waals surface area contributed by atoms with Crippen LogP contribution in [0.1, 0.15) is 34.4 Å². The number of alkyl carbamates (subject to hydrolysis) is 1. The number of carboxylic acids is 1. The first-order valence-corrected chi connectivity index (χ1v) is 17.0. The van der Waals surface area contributed by atoms with Crippen molar-refractivity contribution in [3.05, 3.63) is 156 Å². The molecule has 250 valence electrons. The lowest BCUT2D eigenvalue weighted by Gasteiger charge is -2.25. The molecule has 2 unspecified atom stereocenters. The highest BCUT2D eigenvalue weighted by atomic mass is 32.2. The highest BCUT2D eigenvalue weighted by Crippen LogP contribution is 2.36. The number of pyridine rings is 1. The zero-order valence-electron chi connectivity index (χ0n) is 26.8. The minimum Gasteiger partial charge on any atom is -0.481 e.